The van der Waals surface area contributed by atoms with E-state index in [1.807, 2.05) is 19.4 Å². The number of carbonyl (C=O) groups excluding carboxylic acids is 2. The molecule has 0 radical (unpaired) electrons. The predicted octanol–water partition coefficient (Wildman–Crippen LogP) is 8.91. The molecule has 1 N–H and O–H groups in total. The van der Waals surface area contributed by atoms with Gasteiger partial charge in [0.15, 0.2) is 0 Å². The van der Waals surface area contributed by atoms with Gasteiger partial charge in [0.25, 0.3) is 5.91 Å². The Labute approximate surface area is 374 Å². The Hall–Kier alpha value is -6.06. The van der Waals surface area contributed by atoms with Crippen molar-refractivity contribution in [2.75, 3.05) is 41.4 Å². The van der Waals surface area contributed by atoms with E-state index in [1.165, 1.54) is 11.1 Å². The Balaban J connectivity index is 0.745. The number of carbonyl (C=O) groups is 2. The van der Waals surface area contributed by atoms with Crippen molar-refractivity contribution in [1.82, 2.24) is 25.3 Å². The number of ether oxygens (including phenoxy) is 1. The maximum absolute atomic E-state index is 13.5. The van der Waals surface area contributed by atoms with Crippen LogP contribution in [0.1, 0.15) is 92.5 Å². The molecule has 5 aromatic rings. The number of benzene rings is 2. The number of aryl methyl sites for hydroxylation is 3. The summed E-state index contributed by atoms with van der Waals surface area (Å²) in [5, 5.41) is 12.8. The molecule has 2 amide bonds. The maximum Gasteiger partial charge on any atom is 0.254 e. The highest BCUT2D eigenvalue weighted by molar-refractivity contribution is 6.31. The molecule has 0 spiro atoms. The largest absolute Gasteiger partial charge is 0.489 e. The van der Waals surface area contributed by atoms with E-state index >= 15 is 0 Å². The van der Waals surface area contributed by atoms with Crippen molar-refractivity contribution in [1.29, 1.82) is 5.26 Å². The third kappa shape index (κ3) is 8.19. The number of amides is 2. The minimum atomic E-state index is -0.374. The SMILES string of the molecule is CN1C(=O)CCc2cc(N3CCCc4cc(-c5ccc(CCC6CCN(c7ncc(C(=O)NC8C(C)(C)C(Oc9ccc(C#N)c(Cl)c9)C8(C)C)cn7)CC6)nc5)ncc43)ccc21. The molecule has 6 heterocycles. The molecule has 9 rings (SSSR count). The summed E-state index contributed by atoms with van der Waals surface area (Å²) < 4.78 is 6.38. The smallest absolute Gasteiger partial charge is 0.254 e. The fourth-order valence-electron chi connectivity index (χ4n) is 10.6. The van der Waals surface area contributed by atoms with Gasteiger partial charge in [-0.15, -0.1) is 0 Å². The zero-order chi connectivity index (χ0) is 44.0. The summed E-state index contributed by atoms with van der Waals surface area (Å²) in [6, 6.07) is 20.0. The molecule has 0 bridgehead atoms. The first-order valence-corrected chi connectivity index (χ1v) is 22.5. The van der Waals surface area contributed by atoms with E-state index in [-0.39, 0.29) is 34.8 Å². The number of nitrogens with one attached hydrogen (secondary N) is 1. The third-order valence-electron chi connectivity index (χ3n) is 14.0. The molecule has 3 aliphatic heterocycles. The van der Waals surface area contributed by atoms with Gasteiger partial charge in [0, 0.05) is 97.3 Å². The standard InChI is InChI=1S/C50H54ClN9O3/c1-49(2)46(50(3,4)47(49)63-39-15-10-34(26-52)40(51)25-39)57-45(62)36-28-55-48(56-29-36)59-21-18-31(19-22-59)8-12-37-13-9-35(27-53-37)41-24-32-7-6-20-60(43(32)30-54-41)38-14-16-42-33(23-38)11-17-44(61)58(42)5/h9-10,13-16,23-25,27-31,46-47H,6-8,11-12,17-22H2,1-5H3,(H,57,62). The van der Waals surface area contributed by atoms with Crippen molar-refractivity contribution in [2.45, 2.75) is 91.2 Å². The summed E-state index contributed by atoms with van der Waals surface area (Å²) in [5.41, 5.74) is 8.97. The topological polar surface area (TPSA) is 140 Å². The van der Waals surface area contributed by atoms with Crippen molar-refractivity contribution in [3.63, 3.8) is 0 Å². The van der Waals surface area contributed by atoms with Crippen molar-refractivity contribution in [2.24, 2.45) is 16.7 Å². The lowest BCUT2D eigenvalue weighted by Gasteiger charge is -2.63. The van der Waals surface area contributed by atoms with E-state index in [4.69, 9.17) is 26.3 Å². The lowest BCUT2D eigenvalue weighted by atomic mass is 9.49. The monoisotopic (exact) mass is 863 g/mol. The van der Waals surface area contributed by atoms with Gasteiger partial charge in [-0.3, -0.25) is 19.6 Å². The van der Waals surface area contributed by atoms with Gasteiger partial charge in [0.1, 0.15) is 17.9 Å². The molecule has 324 valence electrons. The minimum Gasteiger partial charge on any atom is -0.489 e. The van der Waals surface area contributed by atoms with E-state index in [2.05, 4.69) is 95.2 Å². The second-order valence-electron chi connectivity index (χ2n) is 18.8. The molecule has 2 aromatic carbocycles. The molecule has 13 heteroatoms. The van der Waals surface area contributed by atoms with Crippen LogP contribution < -0.4 is 24.8 Å². The number of piperidine rings is 1. The first-order chi connectivity index (χ1) is 30.3. The fraction of sp³-hybridized carbons (Fsp3) is 0.420. The zero-order valence-electron chi connectivity index (χ0n) is 36.7. The Morgan fingerprint density at radius 3 is 2.35 bits per heavy atom. The molecule has 1 saturated carbocycles. The second-order valence-corrected chi connectivity index (χ2v) is 19.2. The molecule has 2 fully saturated rings. The molecule has 12 nitrogen and oxygen atoms in total. The lowest BCUT2D eigenvalue weighted by Crippen LogP contribution is -2.74. The highest BCUT2D eigenvalue weighted by atomic mass is 35.5. The number of nitrogens with zero attached hydrogens (tertiary/aromatic N) is 8. The number of hydrogen-bond acceptors (Lipinski definition) is 10. The van der Waals surface area contributed by atoms with Crippen molar-refractivity contribution >= 4 is 46.4 Å². The number of fused-ring (bicyclic) bond motifs is 2. The third-order valence-corrected chi connectivity index (χ3v) is 14.3. The number of rotatable bonds is 10. The van der Waals surface area contributed by atoms with Gasteiger partial charge in [-0.05, 0) is 111 Å². The summed E-state index contributed by atoms with van der Waals surface area (Å²) >= 11 is 6.26. The normalized spacial score (nSPS) is 20.3. The maximum atomic E-state index is 13.5. The van der Waals surface area contributed by atoms with Gasteiger partial charge >= 0.3 is 0 Å². The Bertz CT molecular complexity index is 2570. The summed E-state index contributed by atoms with van der Waals surface area (Å²) in [4.78, 5) is 51.0. The van der Waals surface area contributed by atoms with E-state index in [9.17, 15) is 14.9 Å². The lowest BCUT2D eigenvalue weighted by molar-refractivity contribution is -0.164. The van der Waals surface area contributed by atoms with Crippen LogP contribution in [0.25, 0.3) is 11.3 Å². The van der Waals surface area contributed by atoms with Crippen LogP contribution in [0.15, 0.2) is 79.4 Å². The van der Waals surface area contributed by atoms with Gasteiger partial charge in [-0.1, -0.05) is 39.3 Å². The number of hydrogen-bond donors (Lipinski definition) is 1. The summed E-state index contributed by atoms with van der Waals surface area (Å²) in [7, 11) is 1.86. The Kier molecular flexibility index (Phi) is 11.3. The Morgan fingerprint density at radius 2 is 1.63 bits per heavy atom. The minimum absolute atomic E-state index is 0.160. The average molecular weight is 864 g/mol. The van der Waals surface area contributed by atoms with Crippen LogP contribution in [0.3, 0.4) is 0 Å². The zero-order valence-corrected chi connectivity index (χ0v) is 37.5. The van der Waals surface area contributed by atoms with Crippen LogP contribution in [0.5, 0.6) is 5.75 Å². The summed E-state index contributed by atoms with van der Waals surface area (Å²) in [5.74, 6) is 1.79. The van der Waals surface area contributed by atoms with Crippen molar-refractivity contribution in [3.8, 4) is 23.1 Å². The number of pyridine rings is 2. The first-order valence-electron chi connectivity index (χ1n) is 22.2. The quantitative estimate of drug-likeness (QED) is 0.145. The van der Waals surface area contributed by atoms with Gasteiger partial charge in [0.2, 0.25) is 11.9 Å². The molecule has 0 unspecified atom stereocenters. The van der Waals surface area contributed by atoms with Crippen LogP contribution in [-0.2, 0) is 24.1 Å². The van der Waals surface area contributed by atoms with Gasteiger partial charge in [-0.25, -0.2) is 9.97 Å². The van der Waals surface area contributed by atoms with Crippen LogP contribution in [0.2, 0.25) is 5.02 Å². The molecule has 1 saturated heterocycles. The summed E-state index contributed by atoms with van der Waals surface area (Å²) in [6.07, 6.45) is 14.5. The number of anilines is 4. The summed E-state index contributed by atoms with van der Waals surface area (Å²) in [6.45, 7) is 11.0. The molecular formula is C50H54ClN9O3. The molecule has 1 aliphatic carbocycles. The predicted molar refractivity (Wildman–Crippen MR) is 246 cm³/mol. The van der Waals surface area contributed by atoms with Crippen molar-refractivity contribution < 1.29 is 14.3 Å². The van der Waals surface area contributed by atoms with E-state index in [0.717, 1.165) is 98.6 Å². The van der Waals surface area contributed by atoms with Crippen LogP contribution in [0.4, 0.5) is 23.0 Å². The fourth-order valence-corrected chi connectivity index (χ4v) is 10.8. The number of halogens is 1. The highest BCUT2D eigenvalue weighted by Gasteiger charge is 2.64. The first kappa shape index (κ1) is 42.3. The van der Waals surface area contributed by atoms with Crippen molar-refractivity contribution in [3.05, 3.63) is 112 Å². The van der Waals surface area contributed by atoms with Gasteiger partial charge in [-0.2, -0.15) is 5.26 Å². The van der Waals surface area contributed by atoms with E-state index in [1.54, 1.807) is 35.5 Å². The van der Waals surface area contributed by atoms with E-state index in [0.29, 0.717) is 40.2 Å². The Morgan fingerprint density at radius 1 is 0.873 bits per heavy atom. The average Bonchev–Trinajstić information content (AvgIpc) is 3.30. The molecule has 4 aliphatic rings. The molecule has 63 heavy (non-hydrogen) atoms. The van der Waals surface area contributed by atoms with Gasteiger partial charge < -0.3 is 24.8 Å². The molecule has 3 aromatic heterocycles. The second kappa shape index (κ2) is 16.9. The van der Waals surface area contributed by atoms with Gasteiger partial charge in [0.05, 0.1) is 33.7 Å². The van der Waals surface area contributed by atoms with Crippen LogP contribution in [-0.4, -0.2) is 70.6 Å². The molecule has 0 atom stereocenters. The van der Waals surface area contributed by atoms with Crippen LogP contribution >= 0.6 is 11.6 Å². The van der Waals surface area contributed by atoms with Crippen LogP contribution in [0, 0.1) is 28.1 Å². The number of nitriles is 1. The van der Waals surface area contributed by atoms with E-state index < -0.39 is 0 Å². The molecular weight excluding hydrogens is 810 g/mol. The highest BCUT2D eigenvalue weighted by Crippen LogP contribution is 2.55. The number of aromatic nitrogens is 4.